The van der Waals surface area contributed by atoms with Gasteiger partial charge in [0.15, 0.2) is 0 Å². The molecule has 2 aromatic rings. The Balaban J connectivity index is 1.85. The zero-order valence-corrected chi connectivity index (χ0v) is 14.7. The molecule has 1 N–H and O–H groups in total. The van der Waals surface area contributed by atoms with Crippen molar-refractivity contribution in [3.05, 3.63) is 58.4 Å². The molecule has 26 heavy (non-hydrogen) atoms. The molecule has 2 heterocycles. The minimum absolute atomic E-state index is 0.0990. The molecule has 0 unspecified atom stereocenters. The largest absolute Gasteiger partial charge is 0.379 e. The molecule has 9 nitrogen and oxygen atoms in total. The van der Waals surface area contributed by atoms with Crippen LogP contribution in [0.2, 0.25) is 0 Å². The van der Waals surface area contributed by atoms with Crippen LogP contribution < -0.4 is 5.32 Å². The van der Waals surface area contributed by atoms with Gasteiger partial charge in [0.1, 0.15) is 5.69 Å². The van der Waals surface area contributed by atoms with E-state index in [1.54, 1.807) is 18.5 Å². The first kappa shape index (κ1) is 18.2. The van der Waals surface area contributed by atoms with E-state index in [0.29, 0.717) is 19.8 Å². The maximum absolute atomic E-state index is 12.7. The lowest BCUT2D eigenvalue weighted by molar-refractivity contribution is -0.384. The molecule has 1 saturated heterocycles. The third-order valence-electron chi connectivity index (χ3n) is 3.98. The summed E-state index contributed by atoms with van der Waals surface area (Å²) in [6.07, 6.45) is 3.29. The van der Waals surface area contributed by atoms with Gasteiger partial charge in [0, 0.05) is 38.1 Å². The summed E-state index contributed by atoms with van der Waals surface area (Å²) in [6, 6.07) is 7.49. The molecule has 1 aliphatic heterocycles. The Morgan fingerprint density at radius 2 is 2.04 bits per heavy atom. The zero-order chi connectivity index (χ0) is 18.6. The van der Waals surface area contributed by atoms with Crippen LogP contribution in [0, 0.1) is 10.1 Å². The Kier molecular flexibility index (Phi) is 5.45. The third kappa shape index (κ3) is 3.98. The fourth-order valence-electron chi connectivity index (χ4n) is 2.61. The van der Waals surface area contributed by atoms with Gasteiger partial charge in [-0.2, -0.15) is 4.31 Å². The number of nitrogens with zero attached hydrogens (tertiary/aromatic N) is 3. The number of morpholine rings is 1. The molecule has 0 radical (unpaired) electrons. The average molecular weight is 378 g/mol. The van der Waals surface area contributed by atoms with Crippen molar-refractivity contribution in [2.45, 2.75) is 11.4 Å². The summed E-state index contributed by atoms with van der Waals surface area (Å²) in [4.78, 5) is 14.7. The number of benzene rings is 1. The number of pyridine rings is 1. The molecule has 1 aromatic heterocycles. The van der Waals surface area contributed by atoms with Gasteiger partial charge in [0.25, 0.3) is 5.69 Å². The number of aromatic nitrogens is 1. The second-order valence-corrected chi connectivity index (χ2v) is 7.61. The van der Waals surface area contributed by atoms with E-state index in [2.05, 4.69) is 10.3 Å². The summed E-state index contributed by atoms with van der Waals surface area (Å²) in [5.74, 6) is 0. The van der Waals surface area contributed by atoms with Crippen molar-refractivity contribution in [3.63, 3.8) is 0 Å². The number of nitro groups is 1. The van der Waals surface area contributed by atoms with E-state index < -0.39 is 14.9 Å². The second kappa shape index (κ2) is 7.77. The highest BCUT2D eigenvalue weighted by Gasteiger charge is 2.28. The first-order valence-corrected chi connectivity index (χ1v) is 9.41. The maximum atomic E-state index is 12.7. The minimum Gasteiger partial charge on any atom is -0.379 e. The normalized spacial score (nSPS) is 15.5. The first-order chi connectivity index (χ1) is 12.5. The number of sulfonamides is 1. The summed E-state index contributed by atoms with van der Waals surface area (Å²) >= 11 is 0. The predicted molar refractivity (Wildman–Crippen MR) is 94.2 cm³/mol. The van der Waals surface area contributed by atoms with Crippen molar-refractivity contribution in [2.24, 2.45) is 0 Å². The van der Waals surface area contributed by atoms with Gasteiger partial charge in [-0.05, 0) is 23.8 Å². The summed E-state index contributed by atoms with van der Waals surface area (Å²) < 4.78 is 31.8. The van der Waals surface area contributed by atoms with Gasteiger partial charge in [-0.25, -0.2) is 8.42 Å². The Bertz CT molecular complexity index is 883. The van der Waals surface area contributed by atoms with Gasteiger partial charge in [0.05, 0.1) is 23.0 Å². The highest BCUT2D eigenvalue weighted by atomic mass is 32.2. The molecule has 0 aliphatic carbocycles. The molecule has 1 fully saturated rings. The second-order valence-electron chi connectivity index (χ2n) is 5.67. The van der Waals surface area contributed by atoms with E-state index in [1.807, 2.05) is 6.07 Å². The van der Waals surface area contributed by atoms with E-state index in [-0.39, 0.29) is 29.4 Å². The van der Waals surface area contributed by atoms with E-state index in [0.717, 1.165) is 11.6 Å². The van der Waals surface area contributed by atoms with Gasteiger partial charge in [-0.3, -0.25) is 15.1 Å². The predicted octanol–water partition coefficient (Wildman–Crippen LogP) is 1.62. The van der Waals surface area contributed by atoms with Crippen molar-refractivity contribution in [1.29, 1.82) is 0 Å². The molecule has 0 bridgehead atoms. The van der Waals surface area contributed by atoms with Crippen molar-refractivity contribution in [1.82, 2.24) is 9.29 Å². The van der Waals surface area contributed by atoms with Crippen LogP contribution in [0.15, 0.2) is 47.6 Å². The van der Waals surface area contributed by atoms with E-state index in [1.165, 1.54) is 16.4 Å². The minimum atomic E-state index is -3.79. The smallest absolute Gasteiger partial charge is 0.293 e. The van der Waals surface area contributed by atoms with Crippen molar-refractivity contribution >= 4 is 21.4 Å². The summed E-state index contributed by atoms with van der Waals surface area (Å²) in [5, 5.41) is 14.4. The van der Waals surface area contributed by atoms with Gasteiger partial charge in [-0.15, -0.1) is 0 Å². The Morgan fingerprint density at radius 1 is 1.27 bits per heavy atom. The topological polar surface area (TPSA) is 115 Å². The molecular formula is C16H18N4O5S. The van der Waals surface area contributed by atoms with Crippen LogP contribution in [-0.2, 0) is 21.3 Å². The lowest BCUT2D eigenvalue weighted by atomic mass is 10.2. The SMILES string of the molecule is O=[N+]([O-])c1cc(S(=O)(=O)N2CCOCC2)ccc1NCc1cccnc1. The van der Waals surface area contributed by atoms with Crippen LogP contribution in [0.4, 0.5) is 11.4 Å². The summed E-state index contributed by atoms with van der Waals surface area (Å²) in [6.45, 7) is 1.43. The molecule has 1 aromatic carbocycles. The van der Waals surface area contributed by atoms with Crippen molar-refractivity contribution < 1.29 is 18.1 Å². The van der Waals surface area contributed by atoms with Crippen LogP contribution >= 0.6 is 0 Å². The fourth-order valence-corrected chi connectivity index (χ4v) is 4.04. The summed E-state index contributed by atoms with van der Waals surface area (Å²) in [7, 11) is -3.79. The van der Waals surface area contributed by atoms with Crippen LogP contribution in [-0.4, -0.2) is 48.9 Å². The average Bonchev–Trinajstić information content (AvgIpc) is 2.67. The quantitative estimate of drug-likeness (QED) is 0.600. The van der Waals surface area contributed by atoms with Gasteiger partial charge < -0.3 is 10.1 Å². The molecule has 0 saturated carbocycles. The van der Waals surface area contributed by atoms with Crippen LogP contribution in [0.3, 0.4) is 0 Å². The lowest BCUT2D eigenvalue weighted by Crippen LogP contribution is -2.40. The van der Waals surface area contributed by atoms with Gasteiger partial charge in [-0.1, -0.05) is 6.07 Å². The zero-order valence-electron chi connectivity index (χ0n) is 13.9. The number of hydrogen-bond acceptors (Lipinski definition) is 7. The maximum Gasteiger partial charge on any atom is 0.293 e. The van der Waals surface area contributed by atoms with Crippen molar-refractivity contribution in [2.75, 3.05) is 31.6 Å². The number of hydrogen-bond donors (Lipinski definition) is 1. The number of nitro benzene ring substituents is 1. The third-order valence-corrected chi connectivity index (χ3v) is 5.87. The highest BCUT2D eigenvalue weighted by molar-refractivity contribution is 7.89. The Hall–Kier alpha value is -2.56. The van der Waals surface area contributed by atoms with Crippen LogP contribution in [0.25, 0.3) is 0 Å². The fraction of sp³-hybridized carbons (Fsp3) is 0.312. The lowest BCUT2D eigenvalue weighted by Gasteiger charge is -2.26. The monoisotopic (exact) mass is 378 g/mol. The highest BCUT2D eigenvalue weighted by Crippen LogP contribution is 2.29. The Morgan fingerprint density at radius 3 is 2.69 bits per heavy atom. The van der Waals surface area contributed by atoms with E-state index >= 15 is 0 Å². The van der Waals surface area contributed by atoms with Crippen LogP contribution in [0.5, 0.6) is 0 Å². The standard InChI is InChI=1S/C16H18N4O5S/c21-20(22)16-10-14(26(23,24)19-6-8-25-9-7-19)3-4-15(16)18-12-13-2-1-5-17-11-13/h1-5,10-11,18H,6-9,12H2. The number of ether oxygens (including phenoxy) is 1. The van der Waals surface area contributed by atoms with Crippen molar-refractivity contribution in [3.8, 4) is 0 Å². The Labute approximate surface area is 150 Å². The van der Waals surface area contributed by atoms with Gasteiger partial charge >= 0.3 is 0 Å². The molecule has 0 atom stereocenters. The molecule has 0 amide bonds. The molecular weight excluding hydrogens is 360 g/mol. The molecule has 138 valence electrons. The first-order valence-electron chi connectivity index (χ1n) is 7.97. The van der Waals surface area contributed by atoms with E-state index in [9.17, 15) is 18.5 Å². The van der Waals surface area contributed by atoms with Gasteiger partial charge in [0.2, 0.25) is 10.0 Å². The number of nitrogens with one attached hydrogen (secondary N) is 1. The molecule has 0 spiro atoms. The summed E-state index contributed by atoms with van der Waals surface area (Å²) in [5.41, 5.74) is 0.815. The molecule has 1 aliphatic rings. The van der Waals surface area contributed by atoms with Crippen LogP contribution in [0.1, 0.15) is 5.56 Å². The molecule has 3 rings (SSSR count). The van der Waals surface area contributed by atoms with E-state index in [4.69, 9.17) is 4.74 Å². The molecule has 10 heteroatoms. The number of rotatable bonds is 6. The number of anilines is 1.